The first-order chi connectivity index (χ1) is 20.0. The minimum absolute atomic E-state index is 0.0471. The number of carbonyl (C=O) groups excluding carboxylic acids is 4. The van der Waals surface area contributed by atoms with Crippen molar-refractivity contribution in [1.29, 1.82) is 0 Å². The number of hydrogen-bond donors (Lipinski definition) is 3. The maximum Gasteiger partial charge on any atom is 0.303 e. The smallest absolute Gasteiger partial charge is 0.303 e. The van der Waals surface area contributed by atoms with Crippen molar-refractivity contribution in [2.45, 2.75) is 58.8 Å². The first kappa shape index (κ1) is 29.5. The molecule has 5 rings (SSSR count). The van der Waals surface area contributed by atoms with Crippen LogP contribution in [0.3, 0.4) is 0 Å². The van der Waals surface area contributed by atoms with Crippen molar-refractivity contribution in [3.63, 3.8) is 0 Å². The van der Waals surface area contributed by atoms with Crippen LogP contribution >= 0.6 is 0 Å². The Kier molecular flexibility index (Phi) is 7.94. The molecule has 1 saturated carbocycles. The quantitative estimate of drug-likeness (QED) is 0.289. The van der Waals surface area contributed by atoms with Crippen molar-refractivity contribution < 1.29 is 29.0 Å². The summed E-state index contributed by atoms with van der Waals surface area (Å²) in [7, 11) is 0. The third-order valence-corrected chi connectivity index (χ3v) is 9.30. The van der Waals surface area contributed by atoms with E-state index in [1.807, 2.05) is 56.5 Å². The summed E-state index contributed by atoms with van der Waals surface area (Å²) in [5, 5.41) is 15.7. The highest BCUT2D eigenvalue weighted by atomic mass is 16.5. The van der Waals surface area contributed by atoms with Gasteiger partial charge in [-0.05, 0) is 66.5 Å². The molecule has 1 spiro atoms. The highest BCUT2D eigenvalue weighted by molar-refractivity contribution is 6.15. The van der Waals surface area contributed by atoms with Crippen LogP contribution < -0.4 is 5.32 Å². The van der Waals surface area contributed by atoms with Gasteiger partial charge in [-0.25, -0.2) is 0 Å². The molecule has 0 bridgehead atoms. The van der Waals surface area contributed by atoms with E-state index < -0.39 is 58.9 Å². The second-order valence-electron chi connectivity index (χ2n) is 12.0. The molecule has 2 aliphatic carbocycles. The maximum atomic E-state index is 14.3. The molecule has 8 atom stereocenters. The van der Waals surface area contributed by atoms with Gasteiger partial charge in [0.05, 0.1) is 6.10 Å². The van der Waals surface area contributed by atoms with Gasteiger partial charge in [0, 0.05) is 41.9 Å². The zero-order valence-corrected chi connectivity index (χ0v) is 24.4. The second-order valence-corrected chi connectivity index (χ2v) is 12.0. The number of H-pyrrole nitrogens is 1. The molecular formula is C34H38N2O6. The SMILES string of the molecule is C=C1[C@@H](C)[C@H]2[C@H](Cc3c[nH]c4ccccc34)NC(=O)[C@]23C(=O)C=CC(=O)[C@H](OC(C)=O)C(C)=C[C@@H](C)CC=C[C@H]3[C@@H]1O. The number of nitrogens with one attached hydrogen (secondary N) is 2. The normalized spacial score (nSPS) is 33.6. The van der Waals surface area contributed by atoms with Crippen molar-refractivity contribution in [3.8, 4) is 0 Å². The van der Waals surface area contributed by atoms with Crippen molar-refractivity contribution in [1.82, 2.24) is 10.3 Å². The van der Waals surface area contributed by atoms with Gasteiger partial charge < -0.3 is 20.1 Å². The number of allylic oxidation sites excluding steroid dienone is 3. The van der Waals surface area contributed by atoms with Crippen molar-refractivity contribution >= 4 is 34.3 Å². The van der Waals surface area contributed by atoms with Crippen LogP contribution in [0.4, 0.5) is 0 Å². The van der Waals surface area contributed by atoms with E-state index in [1.165, 1.54) is 6.92 Å². The van der Waals surface area contributed by atoms with Crippen molar-refractivity contribution in [2.75, 3.05) is 0 Å². The Hall–Kier alpha value is -4.04. The number of aromatic amines is 1. The van der Waals surface area contributed by atoms with Gasteiger partial charge in [0.15, 0.2) is 11.9 Å². The fourth-order valence-electron chi connectivity index (χ4n) is 7.32. The third kappa shape index (κ3) is 4.87. The largest absolute Gasteiger partial charge is 0.450 e. The molecule has 3 aliphatic rings. The molecule has 3 N–H and O–H groups in total. The molecule has 1 aromatic carbocycles. The number of para-hydroxylation sites is 1. The fourth-order valence-corrected chi connectivity index (χ4v) is 7.32. The topological polar surface area (TPSA) is 126 Å². The number of hydrogen-bond acceptors (Lipinski definition) is 6. The zero-order chi connectivity index (χ0) is 30.3. The number of benzene rings is 1. The lowest BCUT2D eigenvalue weighted by molar-refractivity contribution is -0.149. The lowest BCUT2D eigenvalue weighted by Gasteiger charge is -2.48. The zero-order valence-electron chi connectivity index (χ0n) is 24.4. The number of amides is 1. The van der Waals surface area contributed by atoms with Crippen LogP contribution in [0.25, 0.3) is 10.9 Å². The van der Waals surface area contributed by atoms with E-state index in [-0.39, 0.29) is 11.8 Å². The molecule has 0 unspecified atom stereocenters. The number of aliphatic hydroxyl groups is 1. The molecule has 0 radical (unpaired) electrons. The van der Waals surface area contributed by atoms with Gasteiger partial charge >= 0.3 is 5.97 Å². The van der Waals surface area contributed by atoms with Gasteiger partial charge in [-0.1, -0.05) is 56.9 Å². The Morgan fingerprint density at radius 2 is 1.90 bits per heavy atom. The summed E-state index contributed by atoms with van der Waals surface area (Å²) in [6.45, 7) is 11.0. The number of aromatic nitrogens is 1. The summed E-state index contributed by atoms with van der Waals surface area (Å²) in [5.41, 5.74) is 1.44. The molecule has 1 amide bonds. The molecule has 42 heavy (non-hydrogen) atoms. The number of rotatable bonds is 3. The molecule has 2 aromatic rings. The molecule has 8 nitrogen and oxygen atoms in total. The summed E-state index contributed by atoms with van der Waals surface area (Å²) in [4.78, 5) is 56.9. The van der Waals surface area contributed by atoms with Crippen LogP contribution in [0, 0.1) is 29.1 Å². The van der Waals surface area contributed by atoms with Crippen molar-refractivity contribution in [3.05, 3.63) is 84.1 Å². The Bertz CT molecular complexity index is 1550. The van der Waals surface area contributed by atoms with E-state index in [4.69, 9.17) is 4.74 Å². The van der Waals surface area contributed by atoms with Crippen LogP contribution in [-0.4, -0.2) is 51.8 Å². The van der Waals surface area contributed by atoms with E-state index >= 15 is 0 Å². The molecule has 8 heteroatoms. The van der Waals surface area contributed by atoms with Crippen LogP contribution in [0.2, 0.25) is 0 Å². The first-order valence-electron chi connectivity index (χ1n) is 14.5. The monoisotopic (exact) mass is 570 g/mol. The van der Waals surface area contributed by atoms with E-state index in [1.54, 1.807) is 13.0 Å². The van der Waals surface area contributed by atoms with Gasteiger partial charge in [0.2, 0.25) is 11.7 Å². The summed E-state index contributed by atoms with van der Waals surface area (Å²) in [6, 6.07) is 7.48. The molecule has 220 valence electrons. The lowest BCUT2D eigenvalue weighted by atomic mass is 9.52. The maximum absolute atomic E-state index is 14.3. The minimum Gasteiger partial charge on any atom is -0.450 e. The standard InChI is InChI=1S/C34H38N2O6/c1-18-9-8-11-25-31(40)21(4)20(3)30-27(16-23-17-35-26-12-7-6-10-24(23)26)36-33(41)34(25,30)29(39)14-13-28(38)32(19(2)15-18)42-22(5)37/h6-8,10-15,17-18,20,25,27,30-32,35,40H,4,9,16H2,1-3,5H3,(H,36,41)/t18-,20+,25-,27-,30-,31+,32+,34+/m0/s1. The average molecular weight is 571 g/mol. The first-order valence-corrected chi connectivity index (χ1v) is 14.5. The Morgan fingerprint density at radius 3 is 2.64 bits per heavy atom. The number of ketones is 2. The highest BCUT2D eigenvalue weighted by Crippen LogP contribution is 2.56. The van der Waals surface area contributed by atoms with Gasteiger partial charge in [0.1, 0.15) is 5.41 Å². The summed E-state index contributed by atoms with van der Waals surface area (Å²) < 4.78 is 5.34. The second kappa shape index (κ2) is 11.3. The van der Waals surface area contributed by atoms with Crippen LogP contribution in [-0.2, 0) is 30.3 Å². The van der Waals surface area contributed by atoms with E-state index in [2.05, 4.69) is 16.9 Å². The van der Waals surface area contributed by atoms with E-state index in [0.717, 1.165) is 28.6 Å². The van der Waals surface area contributed by atoms with Gasteiger partial charge in [-0.3, -0.25) is 19.2 Å². The highest BCUT2D eigenvalue weighted by Gasteiger charge is 2.68. The number of ether oxygens (including phenoxy) is 1. The van der Waals surface area contributed by atoms with Crippen LogP contribution in [0.15, 0.2) is 78.6 Å². The summed E-state index contributed by atoms with van der Waals surface area (Å²) in [5.74, 6) is -4.07. The predicted octanol–water partition coefficient (Wildman–Crippen LogP) is 4.16. The van der Waals surface area contributed by atoms with Crippen LogP contribution in [0.5, 0.6) is 0 Å². The third-order valence-electron chi connectivity index (χ3n) is 9.30. The van der Waals surface area contributed by atoms with Crippen molar-refractivity contribution in [2.24, 2.45) is 29.1 Å². The van der Waals surface area contributed by atoms with E-state index in [0.29, 0.717) is 24.0 Å². The lowest BCUT2D eigenvalue weighted by Crippen LogP contribution is -2.58. The Balaban J connectivity index is 1.62. The molecular weight excluding hydrogens is 532 g/mol. The Morgan fingerprint density at radius 1 is 1.17 bits per heavy atom. The number of esters is 1. The molecule has 2 heterocycles. The number of fused-ring (bicyclic) bond motifs is 1. The minimum atomic E-state index is -1.67. The van der Waals surface area contributed by atoms with Gasteiger partial charge in [-0.15, -0.1) is 0 Å². The fraction of sp³-hybridized carbons (Fsp3) is 0.412. The van der Waals surface area contributed by atoms with Gasteiger partial charge in [0.25, 0.3) is 0 Å². The summed E-state index contributed by atoms with van der Waals surface area (Å²) >= 11 is 0. The number of carbonyl (C=O) groups is 4. The Labute approximate surface area is 245 Å². The summed E-state index contributed by atoms with van der Waals surface area (Å²) in [6.07, 6.45) is 8.34. The average Bonchev–Trinajstić information content (AvgIpc) is 3.49. The molecule has 2 fully saturated rings. The van der Waals surface area contributed by atoms with Crippen LogP contribution in [0.1, 0.15) is 39.7 Å². The van der Waals surface area contributed by atoms with Gasteiger partial charge in [-0.2, -0.15) is 0 Å². The predicted molar refractivity (Wildman–Crippen MR) is 159 cm³/mol. The molecule has 1 aromatic heterocycles. The molecule has 1 aliphatic heterocycles. The molecule has 1 saturated heterocycles. The number of aliphatic hydroxyl groups excluding tert-OH is 1. The van der Waals surface area contributed by atoms with E-state index in [9.17, 15) is 24.3 Å².